The fourth-order valence-electron chi connectivity index (χ4n) is 4.40. The summed E-state index contributed by atoms with van der Waals surface area (Å²) in [5, 5.41) is 4.49. The first-order valence-electron chi connectivity index (χ1n) is 10.3. The van der Waals surface area contributed by atoms with E-state index in [0.717, 1.165) is 69.4 Å². The number of nitrogens with zero attached hydrogens (tertiary/aromatic N) is 4. The predicted molar refractivity (Wildman–Crippen MR) is 110 cm³/mol. The van der Waals surface area contributed by atoms with E-state index in [9.17, 15) is 4.79 Å². The van der Waals surface area contributed by atoms with Crippen molar-refractivity contribution in [2.24, 2.45) is 0 Å². The van der Waals surface area contributed by atoms with E-state index in [1.165, 1.54) is 5.56 Å². The van der Waals surface area contributed by atoms with Gasteiger partial charge in [-0.2, -0.15) is 5.10 Å². The minimum Gasteiger partial charge on any atom is -0.379 e. The molecule has 1 fully saturated rings. The van der Waals surface area contributed by atoms with Crippen LogP contribution < -0.4 is 4.90 Å². The largest absolute Gasteiger partial charge is 0.379 e. The van der Waals surface area contributed by atoms with E-state index in [-0.39, 0.29) is 5.91 Å². The lowest BCUT2D eigenvalue weighted by Crippen LogP contribution is -2.40. The number of fused-ring (bicyclic) bond motifs is 1. The van der Waals surface area contributed by atoms with Gasteiger partial charge in [0.1, 0.15) is 0 Å². The molecule has 4 rings (SSSR count). The lowest BCUT2D eigenvalue weighted by atomic mass is 10.0. The highest BCUT2D eigenvalue weighted by atomic mass is 16.5. The molecule has 150 valence electrons. The molecule has 28 heavy (non-hydrogen) atoms. The topological polar surface area (TPSA) is 50.6 Å². The van der Waals surface area contributed by atoms with Crippen LogP contribution in [0, 0.1) is 13.8 Å². The number of benzene rings is 1. The maximum absolute atomic E-state index is 13.0. The second-order valence-corrected chi connectivity index (χ2v) is 7.93. The number of morpholine rings is 1. The summed E-state index contributed by atoms with van der Waals surface area (Å²) in [4.78, 5) is 17.5. The quantitative estimate of drug-likeness (QED) is 0.771. The molecule has 0 saturated carbocycles. The van der Waals surface area contributed by atoms with Crippen LogP contribution in [-0.2, 0) is 16.1 Å². The summed E-state index contributed by atoms with van der Waals surface area (Å²) in [5.74, 6) is 0.604. The Bertz CT molecular complexity index is 826. The molecule has 1 aromatic carbocycles. The van der Waals surface area contributed by atoms with Crippen LogP contribution in [0.15, 0.2) is 30.3 Å². The molecule has 3 heterocycles. The molecule has 0 radical (unpaired) electrons. The smallest absolute Gasteiger partial charge is 0.227 e. The maximum atomic E-state index is 13.0. The molecular weight excluding hydrogens is 352 g/mol. The highest BCUT2D eigenvalue weighted by Gasteiger charge is 2.33. The number of rotatable bonds is 6. The van der Waals surface area contributed by atoms with Crippen molar-refractivity contribution < 1.29 is 9.53 Å². The Morgan fingerprint density at radius 3 is 2.75 bits per heavy atom. The summed E-state index contributed by atoms with van der Waals surface area (Å²) in [6.07, 6.45) is 1.37. The molecule has 6 nitrogen and oxygen atoms in total. The Balaban J connectivity index is 1.38. The van der Waals surface area contributed by atoms with Gasteiger partial charge in [0.25, 0.3) is 0 Å². The average molecular weight is 383 g/mol. The second-order valence-electron chi connectivity index (χ2n) is 7.93. The van der Waals surface area contributed by atoms with Gasteiger partial charge >= 0.3 is 0 Å². The van der Waals surface area contributed by atoms with Gasteiger partial charge in [0.15, 0.2) is 0 Å². The highest BCUT2D eigenvalue weighted by Crippen LogP contribution is 2.37. The molecule has 1 atom stereocenters. The zero-order chi connectivity index (χ0) is 19.5. The molecule has 2 aromatic rings. The van der Waals surface area contributed by atoms with Crippen molar-refractivity contribution in [2.75, 3.05) is 44.3 Å². The Morgan fingerprint density at radius 2 is 2.00 bits per heavy atom. The molecule has 0 unspecified atom stereocenters. The zero-order valence-electron chi connectivity index (χ0n) is 16.9. The van der Waals surface area contributed by atoms with Gasteiger partial charge in [0.2, 0.25) is 5.91 Å². The fourth-order valence-corrected chi connectivity index (χ4v) is 4.40. The number of hydrogen-bond acceptors (Lipinski definition) is 4. The standard InChI is InChI=1S/C22H30N4O2/c1-17-14-18(2)26(23-17)9-5-8-22(27)25-16-19(15-24-10-12-28-13-11-24)20-6-3-4-7-21(20)25/h3-4,6-7,14,19H,5,8-13,15-16H2,1-2H3/t19-/m1/s1. The molecule has 2 aliphatic heterocycles. The van der Waals surface area contributed by atoms with Gasteiger partial charge in [0, 0.05) is 56.4 Å². The molecule has 6 heteroatoms. The highest BCUT2D eigenvalue weighted by molar-refractivity contribution is 5.95. The monoisotopic (exact) mass is 382 g/mol. The minimum atomic E-state index is 0.221. The number of para-hydroxylation sites is 1. The number of aromatic nitrogens is 2. The Labute approximate surface area is 167 Å². The Kier molecular flexibility index (Phi) is 5.78. The van der Waals surface area contributed by atoms with E-state index in [0.29, 0.717) is 12.3 Å². The molecule has 1 aromatic heterocycles. The number of aryl methyl sites for hydroxylation is 3. The van der Waals surface area contributed by atoms with Crippen LogP contribution in [0.25, 0.3) is 0 Å². The van der Waals surface area contributed by atoms with Gasteiger partial charge in [0.05, 0.1) is 18.9 Å². The van der Waals surface area contributed by atoms with Crippen LogP contribution in [0.4, 0.5) is 5.69 Å². The SMILES string of the molecule is Cc1cc(C)n(CCCC(=O)N2C[C@@H](CN3CCOCC3)c3ccccc32)n1. The normalized spacial score (nSPS) is 19.8. The molecule has 0 N–H and O–H groups in total. The van der Waals surface area contributed by atoms with Gasteiger partial charge in [-0.15, -0.1) is 0 Å². The van der Waals surface area contributed by atoms with E-state index >= 15 is 0 Å². The van der Waals surface area contributed by atoms with Gasteiger partial charge < -0.3 is 9.64 Å². The van der Waals surface area contributed by atoms with Crippen molar-refractivity contribution in [1.82, 2.24) is 14.7 Å². The average Bonchev–Trinajstić information content (AvgIpc) is 3.22. The van der Waals surface area contributed by atoms with Gasteiger partial charge in [-0.05, 0) is 38.0 Å². The number of carbonyl (C=O) groups excluding carboxylic acids is 1. The van der Waals surface area contributed by atoms with Crippen molar-refractivity contribution in [3.63, 3.8) is 0 Å². The molecule has 1 amide bonds. The van der Waals surface area contributed by atoms with Crippen LogP contribution in [-0.4, -0.2) is 60.0 Å². The van der Waals surface area contributed by atoms with Crippen molar-refractivity contribution >= 4 is 11.6 Å². The first-order chi connectivity index (χ1) is 13.6. The molecule has 0 bridgehead atoms. The maximum Gasteiger partial charge on any atom is 0.227 e. The van der Waals surface area contributed by atoms with E-state index in [1.807, 2.05) is 22.6 Å². The third-order valence-corrected chi connectivity index (χ3v) is 5.82. The molecule has 0 spiro atoms. The summed E-state index contributed by atoms with van der Waals surface area (Å²) in [6, 6.07) is 10.5. The van der Waals surface area contributed by atoms with Crippen molar-refractivity contribution in [3.05, 3.63) is 47.3 Å². The van der Waals surface area contributed by atoms with E-state index < -0.39 is 0 Å². The number of ether oxygens (including phenoxy) is 1. The summed E-state index contributed by atoms with van der Waals surface area (Å²) in [5.41, 5.74) is 4.59. The summed E-state index contributed by atoms with van der Waals surface area (Å²) in [6.45, 7) is 10.2. The zero-order valence-corrected chi connectivity index (χ0v) is 16.9. The minimum absolute atomic E-state index is 0.221. The molecule has 2 aliphatic rings. The Morgan fingerprint density at radius 1 is 1.21 bits per heavy atom. The first kappa shape index (κ1) is 19.2. The van der Waals surface area contributed by atoms with E-state index in [1.54, 1.807) is 0 Å². The number of amides is 1. The summed E-state index contributed by atoms with van der Waals surface area (Å²) < 4.78 is 7.47. The van der Waals surface area contributed by atoms with Gasteiger partial charge in [-0.3, -0.25) is 14.4 Å². The third-order valence-electron chi connectivity index (χ3n) is 5.82. The molecular formula is C22H30N4O2. The third kappa shape index (κ3) is 4.13. The van der Waals surface area contributed by atoms with Crippen LogP contribution >= 0.6 is 0 Å². The molecule has 0 aliphatic carbocycles. The van der Waals surface area contributed by atoms with Crippen molar-refractivity contribution in [3.8, 4) is 0 Å². The summed E-state index contributed by atoms with van der Waals surface area (Å²) in [7, 11) is 0. The van der Waals surface area contributed by atoms with Crippen LogP contribution in [0.5, 0.6) is 0 Å². The van der Waals surface area contributed by atoms with Crippen molar-refractivity contribution in [2.45, 2.75) is 39.2 Å². The van der Waals surface area contributed by atoms with Crippen LogP contribution in [0.2, 0.25) is 0 Å². The van der Waals surface area contributed by atoms with Gasteiger partial charge in [-0.25, -0.2) is 0 Å². The van der Waals surface area contributed by atoms with Crippen LogP contribution in [0.3, 0.4) is 0 Å². The van der Waals surface area contributed by atoms with Crippen LogP contribution in [0.1, 0.15) is 35.7 Å². The second kappa shape index (κ2) is 8.45. The molecule has 1 saturated heterocycles. The fraction of sp³-hybridized carbons (Fsp3) is 0.545. The number of anilines is 1. The van der Waals surface area contributed by atoms with Crippen molar-refractivity contribution in [1.29, 1.82) is 0 Å². The van der Waals surface area contributed by atoms with E-state index in [4.69, 9.17) is 4.74 Å². The predicted octanol–water partition coefficient (Wildman–Crippen LogP) is 2.74. The Hall–Kier alpha value is -2.18. The van der Waals surface area contributed by atoms with E-state index in [2.05, 4.69) is 41.2 Å². The first-order valence-corrected chi connectivity index (χ1v) is 10.3. The lowest BCUT2D eigenvalue weighted by Gasteiger charge is -2.29. The summed E-state index contributed by atoms with van der Waals surface area (Å²) >= 11 is 0. The van der Waals surface area contributed by atoms with Gasteiger partial charge in [-0.1, -0.05) is 18.2 Å². The lowest BCUT2D eigenvalue weighted by molar-refractivity contribution is -0.118. The number of carbonyl (C=O) groups is 1. The number of hydrogen-bond donors (Lipinski definition) is 0.